The summed E-state index contributed by atoms with van der Waals surface area (Å²) in [6, 6.07) is 0.940. The van der Waals surface area contributed by atoms with Crippen molar-refractivity contribution in [2.75, 3.05) is 5.32 Å². The molecule has 0 amide bonds. The third-order valence-corrected chi connectivity index (χ3v) is 1.65. The van der Waals surface area contributed by atoms with E-state index in [-0.39, 0.29) is 0 Å². The minimum atomic E-state index is -2.36. The van der Waals surface area contributed by atoms with Crippen LogP contribution in [0.5, 0.6) is 0 Å². The Morgan fingerprint density at radius 1 is 1.38 bits per heavy atom. The van der Waals surface area contributed by atoms with Gasteiger partial charge in [0.25, 0.3) is 6.43 Å². The molecule has 1 rings (SSSR count). The SMILES string of the molecule is Cc1cncc(NC(C)C(F)F)c1. The summed E-state index contributed by atoms with van der Waals surface area (Å²) in [5.74, 6) is 0. The second kappa shape index (κ2) is 4.16. The summed E-state index contributed by atoms with van der Waals surface area (Å²) < 4.78 is 24.3. The van der Waals surface area contributed by atoms with Gasteiger partial charge in [-0.25, -0.2) is 8.78 Å². The summed E-state index contributed by atoms with van der Waals surface area (Å²) in [7, 11) is 0. The van der Waals surface area contributed by atoms with Gasteiger partial charge in [0, 0.05) is 12.4 Å². The molecule has 0 saturated carbocycles. The van der Waals surface area contributed by atoms with E-state index in [9.17, 15) is 8.78 Å². The standard InChI is InChI=1S/C9H12F2N2/c1-6-3-8(5-12-4-6)13-7(2)9(10)11/h3-5,7,9,13H,1-2H3. The lowest BCUT2D eigenvalue weighted by Gasteiger charge is -2.13. The van der Waals surface area contributed by atoms with Gasteiger partial charge in [0.2, 0.25) is 0 Å². The predicted octanol–water partition coefficient (Wildman–Crippen LogP) is 2.46. The van der Waals surface area contributed by atoms with E-state index < -0.39 is 12.5 Å². The third kappa shape index (κ3) is 2.97. The minimum absolute atomic E-state index is 0.632. The van der Waals surface area contributed by atoms with Crippen LogP contribution >= 0.6 is 0 Å². The molecule has 2 nitrogen and oxygen atoms in total. The van der Waals surface area contributed by atoms with E-state index >= 15 is 0 Å². The van der Waals surface area contributed by atoms with Gasteiger partial charge in [0.1, 0.15) is 0 Å². The minimum Gasteiger partial charge on any atom is -0.376 e. The van der Waals surface area contributed by atoms with E-state index in [1.807, 2.05) is 6.92 Å². The van der Waals surface area contributed by atoms with Crippen molar-refractivity contribution in [3.63, 3.8) is 0 Å². The number of hydrogen-bond donors (Lipinski definition) is 1. The van der Waals surface area contributed by atoms with Crippen LogP contribution in [-0.2, 0) is 0 Å². The lowest BCUT2D eigenvalue weighted by molar-refractivity contribution is 0.130. The second-order valence-electron chi connectivity index (χ2n) is 3.02. The molecule has 0 aromatic carbocycles. The fourth-order valence-corrected chi connectivity index (χ4v) is 0.960. The number of nitrogens with zero attached hydrogens (tertiary/aromatic N) is 1. The third-order valence-electron chi connectivity index (χ3n) is 1.65. The average molecular weight is 186 g/mol. The molecule has 0 aliphatic carbocycles. The number of aromatic nitrogens is 1. The molecule has 1 N–H and O–H groups in total. The summed E-state index contributed by atoms with van der Waals surface area (Å²) in [5, 5.41) is 2.67. The van der Waals surface area contributed by atoms with Crippen LogP contribution in [-0.4, -0.2) is 17.5 Å². The van der Waals surface area contributed by atoms with Crippen LogP contribution in [0.2, 0.25) is 0 Å². The van der Waals surface area contributed by atoms with Crippen LogP contribution < -0.4 is 5.32 Å². The molecule has 1 heterocycles. The van der Waals surface area contributed by atoms with Crippen molar-refractivity contribution in [3.8, 4) is 0 Å². The summed E-state index contributed by atoms with van der Waals surface area (Å²) in [4.78, 5) is 3.89. The Balaban J connectivity index is 2.64. The number of rotatable bonds is 3. The largest absolute Gasteiger partial charge is 0.376 e. The van der Waals surface area contributed by atoms with Crippen LogP contribution in [0, 0.1) is 6.92 Å². The predicted molar refractivity (Wildman–Crippen MR) is 48.1 cm³/mol. The summed E-state index contributed by atoms with van der Waals surface area (Å²) >= 11 is 0. The number of nitrogens with one attached hydrogen (secondary N) is 1. The Bertz CT molecular complexity index is 276. The number of halogens is 2. The Morgan fingerprint density at radius 3 is 2.62 bits per heavy atom. The highest BCUT2D eigenvalue weighted by Crippen LogP contribution is 2.11. The molecule has 1 unspecified atom stereocenters. The maximum atomic E-state index is 12.1. The van der Waals surface area contributed by atoms with Crippen molar-refractivity contribution in [3.05, 3.63) is 24.0 Å². The van der Waals surface area contributed by atoms with Gasteiger partial charge in [0.15, 0.2) is 0 Å². The number of alkyl halides is 2. The Labute approximate surface area is 76.0 Å². The molecule has 0 radical (unpaired) electrons. The van der Waals surface area contributed by atoms with E-state index in [1.165, 1.54) is 13.1 Å². The monoisotopic (exact) mass is 186 g/mol. The van der Waals surface area contributed by atoms with Crippen molar-refractivity contribution < 1.29 is 8.78 Å². The zero-order valence-corrected chi connectivity index (χ0v) is 7.59. The van der Waals surface area contributed by atoms with Crippen molar-refractivity contribution >= 4 is 5.69 Å². The van der Waals surface area contributed by atoms with Gasteiger partial charge in [-0.1, -0.05) is 0 Å². The first-order valence-corrected chi connectivity index (χ1v) is 4.06. The van der Waals surface area contributed by atoms with Crippen LogP contribution in [0.1, 0.15) is 12.5 Å². The van der Waals surface area contributed by atoms with Crippen molar-refractivity contribution in [2.24, 2.45) is 0 Å². The molecular formula is C9H12F2N2. The van der Waals surface area contributed by atoms with Crippen LogP contribution in [0.4, 0.5) is 14.5 Å². The molecule has 4 heteroatoms. The topological polar surface area (TPSA) is 24.9 Å². The summed E-state index contributed by atoms with van der Waals surface area (Å²) in [6.07, 6.45) is 0.852. The lowest BCUT2D eigenvalue weighted by atomic mass is 10.2. The second-order valence-corrected chi connectivity index (χ2v) is 3.02. The first-order chi connectivity index (χ1) is 6.09. The first-order valence-electron chi connectivity index (χ1n) is 4.06. The highest BCUT2D eigenvalue weighted by Gasteiger charge is 2.13. The van der Waals surface area contributed by atoms with Crippen LogP contribution in [0.15, 0.2) is 18.5 Å². The zero-order chi connectivity index (χ0) is 9.84. The highest BCUT2D eigenvalue weighted by molar-refractivity contribution is 5.43. The zero-order valence-electron chi connectivity index (χ0n) is 7.59. The van der Waals surface area contributed by atoms with E-state index in [0.717, 1.165) is 5.56 Å². The van der Waals surface area contributed by atoms with Gasteiger partial charge < -0.3 is 5.32 Å². The van der Waals surface area contributed by atoms with E-state index in [0.29, 0.717) is 5.69 Å². The smallest absolute Gasteiger partial charge is 0.258 e. The molecule has 0 aliphatic heterocycles. The fraction of sp³-hybridized carbons (Fsp3) is 0.444. The summed E-state index contributed by atoms with van der Waals surface area (Å²) in [5.41, 5.74) is 1.58. The van der Waals surface area contributed by atoms with Gasteiger partial charge >= 0.3 is 0 Å². The molecule has 0 saturated heterocycles. The molecule has 1 atom stereocenters. The van der Waals surface area contributed by atoms with Crippen molar-refractivity contribution in [1.82, 2.24) is 4.98 Å². The molecule has 1 aromatic rings. The number of aryl methyl sites for hydroxylation is 1. The van der Waals surface area contributed by atoms with Gasteiger partial charge in [-0.3, -0.25) is 4.98 Å². The molecule has 0 bridgehead atoms. The van der Waals surface area contributed by atoms with E-state index in [1.54, 1.807) is 12.3 Å². The van der Waals surface area contributed by atoms with Crippen molar-refractivity contribution in [2.45, 2.75) is 26.3 Å². The first kappa shape index (κ1) is 9.89. The quantitative estimate of drug-likeness (QED) is 0.784. The molecule has 0 aliphatic rings. The molecule has 0 fully saturated rings. The number of hydrogen-bond acceptors (Lipinski definition) is 2. The fourth-order valence-electron chi connectivity index (χ4n) is 0.960. The summed E-state index contributed by atoms with van der Waals surface area (Å²) in [6.45, 7) is 3.30. The molecule has 0 spiro atoms. The van der Waals surface area contributed by atoms with Crippen LogP contribution in [0.25, 0.3) is 0 Å². The van der Waals surface area contributed by atoms with E-state index in [2.05, 4.69) is 10.3 Å². The molecule has 13 heavy (non-hydrogen) atoms. The average Bonchev–Trinajstić information content (AvgIpc) is 2.04. The number of anilines is 1. The highest BCUT2D eigenvalue weighted by atomic mass is 19.3. The van der Waals surface area contributed by atoms with E-state index in [4.69, 9.17) is 0 Å². The Morgan fingerprint density at radius 2 is 2.08 bits per heavy atom. The Kier molecular flexibility index (Phi) is 3.17. The molecular weight excluding hydrogens is 174 g/mol. The Hall–Kier alpha value is -1.19. The van der Waals surface area contributed by atoms with Gasteiger partial charge in [0.05, 0.1) is 11.7 Å². The van der Waals surface area contributed by atoms with Gasteiger partial charge in [-0.15, -0.1) is 0 Å². The molecule has 1 aromatic heterocycles. The number of pyridine rings is 1. The normalized spacial score (nSPS) is 13.0. The lowest BCUT2D eigenvalue weighted by Crippen LogP contribution is -2.23. The van der Waals surface area contributed by atoms with Crippen LogP contribution in [0.3, 0.4) is 0 Å². The maximum Gasteiger partial charge on any atom is 0.258 e. The van der Waals surface area contributed by atoms with Crippen molar-refractivity contribution in [1.29, 1.82) is 0 Å². The maximum absolute atomic E-state index is 12.1. The molecule has 72 valence electrons. The van der Waals surface area contributed by atoms with Gasteiger partial charge in [-0.05, 0) is 25.5 Å². The van der Waals surface area contributed by atoms with Gasteiger partial charge in [-0.2, -0.15) is 0 Å².